The molecule has 1 heterocycles. The van der Waals surface area contributed by atoms with Gasteiger partial charge in [-0.05, 0) is 45.6 Å². The zero-order valence-corrected chi connectivity index (χ0v) is 12.8. The molecular weight excluding hydrogens is 334 g/mol. The molecule has 2 aromatic carbocycles. The number of halogens is 1. The van der Waals surface area contributed by atoms with Crippen molar-refractivity contribution in [2.24, 2.45) is 0 Å². The van der Waals surface area contributed by atoms with Crippen molar-refractivity contribution in [3.05, 3.63) is 62.1 Å². The van der Waals surface area contributed by atoms with Crippen LogP contribution in [-0.4, -0.2) is 11.5 Å². The second-order valence-electron chi connectivity index (χ2n) is 4.90. The fraction of sp³-hybridized carbons (Fsp3) is 0.200. The summed E-state index contributed by atoms with van der Waals surface area (Å²) in [5, 5.41) is 17.6. The van der Waals surface area contributed by atoms with Crippen LogP contribution in [0.4, 0.5) is 17.1 Å². The smallest absolute Gasteiger partial charge is 0.285 e. The number of nitro groups is 1. The molecule has 0 fully saturated rings. The lowest BCUT2D eigenvalue weighted by molar-refractivity contribution is -0.385. The molecule has 0 saturated heterocycles. The molecule has 1 aliphatic rings. The van der Waals surface area contributed by atoms with Gasteiger partial charge in [-0.1, -0.05) is 18.2 Å². The van der Waals surface area contributed by atoms with Gasteiger partial charge in [0.25, 0.3) is 5.69 Å². The predicted molar refractivity (Wildman–Crippen MR) is 86.8 cm³/mol. The van der Waals surface area contributed by atoms with Crippen LogP contribution in [0.15, 0.2) is 40.9 Å². The van der Waals surface area contributed by atoms with Gasteiger partial charge in [0.2, 0.25) is 0 Å². The van der Waals surface area contributed by atoms with Crippen molar-refractivity contribution in [3.63, 3.8) is 0 Å². The SMILES string of the molecule is O=[N+]([O-])c1cc(NCc2cccc3c2NCC3)ccc1Br. The molecule has 0 radical (unpaired) electrons. The van der Waals surface area contributed by atoms with E-state index in [1.165, 1.54) is 16.8 Å². The van der Waals surface area contributed by atoms with Gasteiger partial charge in [-0.15, -0.1) is 0 Å². The van der Waals surface area contributed by atoms with Gasteiger partial charge < -0.3 is 10.6 Å². The molecule has 0 atom stereocenters. The summed E-state index contributed by atoms with van der Waals surface area (Å²) in [6.07, 6.45) is 1.05. The fourth-order valence-corrected chi connectivity index (χ4v) is 2.91. The zero-order valence-electron chi connectivity index (χ0n) is 11.2. The van der Waals surface area contributed by atoms with Crippen LogP contribution < -0.4 is 10.6 Å². The molecule has 5 nitrogen and oxygen atoms in total. The first-order valence-electron chi connectivity index (χ1n) is 6.67. The van der Waals surface area contributed by atoms with Gasteiger partial charge >= 0.3 is 0 Å². The first-order valence-corrected chi connectivity index (χ1v) is 7.47. The van der Waals surface area contributed by atoms with E-state index < -0.39 is 4.92 Å². The minimum atomic E-state index is -0.392. The predicted octanol–water partition coefficient (Wildman–Crippen LogP) is 3.94. The highest BCUT2D eigenvalue weighted by atomic mass is 79.9. The Kier molecular flexibility index (Phi) is 3.79. The van der Waals surface area contributed by atoms with Crippen LogP contribution in [-0.2, 0) is 13.0 Å². The van der Waals surface area contributed by atoms with E-state index in [9.17, 15) is 10.1 Å². The lowest BCUT2D eigenvalue weighted by atomic mass is 10.1. The number of fused-ring (bicyclic) bond motifs is 1. The maximum atomic E-state index is 10.9. The van der Waals surface area contributed by atoms with Gasteiger partial charge in [0.1, 0.15) is 0 Å². The van der Waals surface area contributed by atoms with E-state index in [0.717, 1.165) is 18.7 Å². The highest BCUT2D eigenvalue weighted by molar-refractivity contribution is 9.10. The van der Waals surface area contributed by atoms with Crippen LogP contribution in [0.3, 0.4) is 0 Å². The fourth-order valence-electron chi connectivity index (χ4n) is 2.52. The second-order valence-corrected chi connectivity index (χ2v) is 5.76. The maximum Gasteiger partial charge on any atom is 0.285 e. The molecule has 2 N–H and O–H groups in total. The Morgan fingerprint density at radius 2 is 2.19 bits per heavy atom. The van der Waals surface area contributed by atoms with Crippen molar-refractivity contribution < 1.29 is 4.92 Å². The molecule has 108 valence electrons. The number of nitrogens with zero attached hydrogens (tertiary/aromatic N) is 1. The van der Waals surface area contributed by atoms with Gasteiger partial charge in [-0.3, -0.25) is 10.1 Å². The van der Waals surface area contributed by atoms with Crippen LogP contribution in [0.1, 0.15) is 11.1 Å². The standard InChI is InChI=1S/C15H14BrN3O2/c16-13-5-4-12(8-14(13)19(20)21)18-9-11-3-1-2-10-6-7-17-15(10)11/h1-5,8,17-18H,6-7,9H2. The van der Waals surface area contributed by atoms with Crippen LogP contribution >= 0.6 is 15.9 Å². The highest BCUT2D eigenvalue weighted by Crippen LogP contribution is 2.30. The number of hydrogen-bond acceptors (Lipinski definition) is 4. The molecule has 2 aromatic rings. The summed E-state index contributed by atoms with van der Waals surface area (Å²) in [5.41, 5.74) is 4.50. The summed E-state index contributed by atoms with van der Waals surface area (Å²) < 4.78 is 0.486. The summed E-state index contributed by atoms with van der Waals surface area (Å²) in [5.74, 6) is 0. The van der Waals surface area contributed by atoms with Gasteiger partial charge in [-0.25, -0.2) is 0 Å². The number of benzene rings is 2. The number of anilines is 2. The van der Waals surface area contributed by atoms with E-state index in [1.54, 1.807) is 12.1 Å². The Labute approximate surface area is 130 Å². The van der Waals surface area contributed by atoms with Gasteiger partial charge in [-0.2, -0.15) is 0 Å². The molecule has 6 heteroatoms. The van der Waals surface area contributed by atoms with Crippen molar-refractivity contribution in [2.75, 3.05) is 17.2 Å². The number of hydrogen-bond donors (Lipinski definition) is 2. The average molecular weight is 348 g/mol. The molecule has 21 heavy (non-hydrogen) atoms. The third kappa shape index (κ3) is 2.85. The Morgan fingerprint density at radius 3 is 3.00 bits per heavy atom. The van der Waals surface area contributed by atoms with Crippen molar-refractivity contribution in [2.45, 2.75) is 13.0 Å². The van der Waals surface area contributed by atoms with Gasteiger partial charge in [0.05, 0.1) is 9.40 Å². The van der Waals surface area contributed by atoms with E-state index in [1.807, 2.05) is 12.1 Å². The van der Waals surface area contributed by atoms with E-state index in [4.69, 9.17) is 0 Å². The van der Waals surface area contributed by atoms with Gasteiger partial charge in [0.15, 0.2) is 0 Å². The van der Waals surface area contributed by atoms with Gasteiger partial charge in [0, 0.05) is 30.5 Å². The van der Waals surface area contributed by atoms with Crippen LogP contribution in [0.25, 0.3) is 0 Å². The maximum absolute atomic E-state index is 10.9. The van der Waals surface area contributed by atoms with Crippen molar-refractivity contribution in [3.8, 4) is 0 Å². The Balaban J connectivity index is 1.78. The number of nitro benzene ring substituents is 1. The highest BCUT2D eigenvalue weighted by Gasteiger charge is 2.15. The molecule has 0 saturated carbocycles. The molecule has 0 aromatic heterocycles. The average Bonchev–Trinajstić information content (AvgIpc) is 2.95. The van der Waals surface area contributed by atoms with E-state index >= 15 is 0 Å². The quantitative estimate of drug-likeness (QED) is 0.649. The van der Waals surface area contributed by atoms with Crippen LogP contribution in [0, 0.1) is 10.1 Å². The first-order chi connectivity index (χ1) is 10.1. The second kappa shape index (κ2) is 5.73. The number of rotatable bonds is 4. The largest absolute Gasteiger partial charge is 0.384 e. The Morgan fingerprint density at radius 1 is 1.33 bits per heavy atom. The zero-order chi connectivity index (χ0) is 14.8. The summed E-state index contributed by atoms with van der Waals surface area (Å²) in [6.45, 7) is 1.60. The van der Waals surface area contributed by atoms with E-state index in [-0.39, 0.29) is 5.69 Å². The monoisotopic (exact) mass is 347 g/mol. The molecule has 0 aliphatic carbocycles. The summed E-state index contributed by atoms with van der Waals surface area (Å²) >= 11 is 3.19. The van der Waals surface area contributed by atoms with Crippen LogP contribution in [0.2, 0.25) is 0 Å². The number of nitrogens with one attached hydrogen (secondary N) is 2. The van der Waals surface area contributed by atoms with E-state index in [2.05, 4.69) is 38.7 Å². The third-order valence-electron chi connectivity index (χ3n) is 3.56. The lowest BCUT2D eigenvalue weighted by Crippen LogP contribution is -2.03. The van der Waals surface area contributed by atoms with Crippen LogP contribution in [0.5, 0.6) is 0 Å². The summed E-state index contributed by atoms with van der Waals surface area (Å²) in [6, 6.07) is 11.3. The number of para-hydroxylation sites is 1. The molecule has 3 rings (SSSR count). The molecular formula is C15H14BrN3O2. The molecule has 0 amide bonds. The normalized spacial score (nSPS) is 12.6. The first kappa shape index (κ1) is 13.9. The summed E-state index contributed by atoms with van der Waals surface area (Å²) in [7, 11) is 0. The molecule has 0 spiro atoms. The molecule has 0 unspecified atom stereocenters. The third-order valence-corrected chi connectivity index (χ3v) is 4.23. The minimum absolute atomic E-state index is 0.0661. The molecule has 1 aliphatic heterocycles. The lowest BCUT2D eigenvalue weighted by Gasteiger charge is -2.11. The van der Waals surface area contributed by atoms with Crippen molar-refractivity contribution in [1.29, 1.82) is 0 Å². The van der Waals surface area contributed by atoms with Crippen molar-refractivity contribution in [1.82, 2.24) is 0 Å². The summed E-state index contributed by atoms with van der Waals surface area (Å²) in [4.78, 5) is 10.5. The Hall–Kier alpha value is -2.08. The van der Waals surface area contributed by atoms with Crippen molar-refractivity contribution >= 4 is 33.0 Å². The Bertz CT molecular complexity index is 703. The topological polar surface area (TPSA) is 67.2 Å². The molecule has 0 bridgehead atoms. The minimum Gasteiger partial charge on any atom is -0.384 e. The van der Waals surface area contributed by atoms with E-state index in [0.29, 0.717) is 11.0 Å².